The van der Waals surface area contributed by atoms with E-state index in [0.29, 0.717) is 6.61 Å². The van der Waals surface area contributed by atoms with Crippen LogP contribution in [0.25, 0.3) is 0 Å². The number of aryl methyl sites for hydroxylation is 1. The van der Waals surface area contributed by atoms with Crippen molar-refractivity contribution < 1.29 is 14.2 Å². The molecule has 0 unspecified atom stereocenters. The Morgan fingerprint density at radius 1 is 0.600 bits per heavy atom. The van der Waals surface area contributed by atoms with E-state index < -0.39 is 0 Å². The predicted octanol–water partition coefficient (Wildman–Crippen LogP) is 6.57. The van der Waals surface area contributed by atoms with Crippen molar-refractivity contribution in [3.05, 3.63) is 17.7 Å². The van der Waals surface area contributed by atoms with Gasteiger partial charge in [-0.1, -0.05) is 53.4 Å². The van der Waals surface area contributed by atoms with Crippen molar-refractivity contribution in [2.75, 3.05) is 19.8 Å². The monoisotopic (exact) mass is 350 g/mol. The van der Waals surface area contributed by atoms with E-state index in [-0.39, 0.29) is 0 Å². The number of hydrogen-bond donors (Lipinski definition) is 0. The second kappa shape index (κ2) is 13.9. The topological polar surface area (TPSA) is 27.7 Å². The molecule has 0 aliphatic rings. The van der Waals surface area contributed by atoms with Gasteiger partial charge in [0.05, 0.1) is 19.8 Å². The van der Waals surface area contributed by atoms with Gasteiger partial charge in [0, 0.05) is 0 Å². The van der Waals surface area contributed by atoms with Crippen molar-refractivity contribution in [2.24, 2.45) is 0 Å². The van der Waals surface area contributed by atoms with Crippen LogP contribution in [0.4, 0.5) is 0 Å². The normalized spacial score (nSPS) is 10.7. The molecule has 144 valence electrons. The molecule has 0 N–H and O–H groups in total. The zero-order valence-electron chi connectivity index (χ0n) is 16.9. The Bertz CT molecular complexity index is 426. The van der Waals surface area contributed by atoms with E-state index in [0.717, 1.165) is 75.4 Å². The van der Waals surface area contributed by atoms with Gasteiger partial charge in [-0.05, 0) is 49.8 Å². The molecule has 0 fully saturated rings. The molecular formula is C22H38O3. The lowest BCUT2D eigenvalue weighted by atomic mass is 10.1. The first-order valence-electron chi connectivity index (χ1n) is 10.3. The highest BCUT2D eigenvalue weighted by molar-refractivity contribution is 5.54. The van der Waals surface area contributed by atoms with Crippen LogP contribution in [-0.4, -0.2) is 19.8 Å². The van der Waals surface area contributed by atoms with Crippen LogP contribution in [0.1, 0.15) is 84.6 Å². The molecule has 1 aromatic carbocycles. The Labute approximate surface area is 155 Å². The molecule has 0 saturated carbocycles. The van der Waals surface area contributed by atoms with Gasteiger partial charge in [0.25, 0.3) is 0 Å². The van der Waals surface area contributed by atoms with Crippen LogP contribution < -0.4 is 14.2 Å². The minimum Gasteiger partial charge on any atom is -0.490 e. The van der Waals surface area contributed by atoms with Gasteiger partial charge in [-0.25, -0.2) is 0 Å². The van der Waals surface area contributed by atoms with Crippen molar-refractivity contribution in [3.8, 4) is 17.2 Å². The van der Waals surface area contributed by atoms with Crippen molar-refractivity contribution in [1.29, 1.82) is 0 Å². The predicted molar refractivity (Wildman–Crippen MR) is 106 cm³/mol. The fourth-order valence-electron chi connectivity index (χ4n) is 2.48. The average Bonchev–Trinajstić information content (AvgIpc) is 2.62. The molecule has 1 rings (SSSR count). The zero-order chi connectivity index (χ0) is 18.3. The van der Waals surface area contributed by atoms with Crippen LogP contribution in [0, 0.1) is 0 Å². The smallest absolute Gasteiger partial charge is 0.203 e. The molecule has 0 saturated heterocycles. The van der Waals surface area contributed by atoms with Gasteiger partial charge in [0.2, 0.25) is 5.75 Å². The molecule has 0 aliphatic carbocycles. The molecular weight excluding hydrogens is 312 g/mol. The van der Waals surface area contributed by atoms with Crippen LogP contribution in [0.3, 0.4) is 0 Å². The summed E-state index contributed by atoms with van der Waals surface area (Å²) < 4.78 is 18.2. The summed E-state index contributed by atoms with van der Waals surface area (Å²) in [5.74, 6) is 2.50. The molecule has 0 aliphatic heterocycles. The van der Waals surface area contributed by atoms with Crippen LogP contribution in [0.15, 0.2) is 12.1 Å². The van der Waals surface area contributed by atoms with E-state index in [9.17, 15) is 0 Å². The molecule has 0 amide bonds. The first-order chi connectivity index (χ1) is 12.3. The largest absolute Gasteiger partial charge is 0.490 e. The first kappa shape index (κ1) is 21.7. The highest BCUT2D eigenvalue weighted by Gasteiger charge is 2.15. The summed E-state index contributed by atoms with van der Waals surface area (Å²) in [5.41, 5.74) is 1.28. The third kappa shape index (κ3) is 8.51. The molecule has 25 heavy (non-hydrogen) atoms. The quantitative estimate of drug-likeness (QED) is 0.335. The molecule has 0 aromatic heterocycles. The molecule has 3 nitrogen and oxygen atoms in total. The SMILES string of the molecule is CCCCOc1cc(CCCC)cc(OCCCC)c1OCCCC. The van der Waals surface area contributed by atoms with Gasteiger partial charge in [0.15, 0.2) is 11.5 Å². The van der Waals surface area contributed by atoms with Gasteiger partial charge in [-0.2, -0.15) is 0 Å². The molecule has 3 heteroatoms. The Morgan fingerprint density at radius 2 is 1.04 bits per heavy atom. The van der Waals surface area contributed by atoms with Crippen molar-refractivity contribution in [1.82, 2.24) is 0 Å². The molecule has 1 aromatic rings. The van der Waals surface area contributed by atoms with Crippen molar-refractivity contribution >= 4 is 0 Å². The fourth-order valence-corrected chi connectivity index (χ4v) is 2.48. The second-order valence-electron chi connectivity index (χ2n) is 6.63. The third-order valence-corrected chi connectivity index (χ3v) is 4.15. The molecule has 0 spiro atoms. The summed E-state index contributed by atoms with van der Waals surface area (Å²) in [6.45, 7) is 10.9. The van der Waals surface area contributed by atoms with E-state index in [4.69, 9.17) is 14.2 Å². The number of hydrogen-bond acceptors (Lipinski definition) is 3. The Hall–Kier alpha value is -1.38. The van der Waals surface area contributed by atoms with Crippen molar-refractivity contribution in [3.63, 3.8) is 0 Å². The van der Waals surface area contributed by atoms with Gasteiger partial charge < -0.3 is 14.2 Å². The van der Waals surface area contributed by atoms with Crippen LogP contribution >= 0.6 is 0 Å². The third-order valence-electron chi connectivity index (χ3n) is 4.15. The maximum Gasteiger partial charge on any atom is 0.203 e. The average molecular weight is 351 g/mol. The van der Waals surface area contributed by atoms with E-state index in [1.807, 2.05) is 0 Å². The fraction of sp³-hybridized carbons (Fsp3) is 0.727. The number of unbranched alkanes of at least 4 members (excludes halogenated alkanes) is 4. The molecule has 0 radical (unpaired) electrons. The maximum absolute atomic E-state index is 6.08. The zero-order valence-corrected chi connectivity index (χ0v) is 16.9. The Morgan fingerprint density at radius 3 is 1.48 bits per heavy atom. The second-order valence-corrected chi connectivity index (χ2v) is 6.63. The number of rotatable bonds is 15. The molecule has 0 bridgehead atoms. The highest BCUT2D eigenvalue weighted by atomic mass is 16.5. The standard InChI is InChI=1S/C22H38O3/c1-5-9-13-19-17-20(23-14-10-6-2)22(25-16-12-8-4)21(18-19)24-15-11-7-3/h17-18H,5-16H2,1-4H3. The Balaban J connectivity index is 3.02. The lowest BCUT2D eigenvalue weighted by Crippen LogP contribution is -2.07. The van der Waals surface area contributed by atoms with Crippen LogP contribution in [-0.2, 0) is 6.42 Å². The first-order valence-corrected chi connectivity index (χ1v) is 10.3. The highest BCUT2D eigenvalue weighted by Crippen LogP contribution is 2.40. The summed E-state index contributed by atoms with van der Waals surface area (Å²) in [5, 5.41) is 0. The van der Waals surface area contributed by atoms with Crippen LogP contribution in [0.2, 0.25) is 0 Å². The minimum absolute atomic E-state index is 0.707. The summed E-state index contributed by atoms with van der Waals surface area (Å²) in [6, 6.07) is 4.30. The van der Waals surface area contributed by atoms with Gasteiger partial charge >= 0.3 is 0 Å². The number of benzene rings is 1. The minimum atomic E-state index is 0.707. The van der Waals surface area contributed by atoms with E-state index >= 15 is 0 Å². The summed E-state index contributed by atoms with van der Waals surface area (Å²) in [4.78, 5) is 0. The lowest BCUT2D eigenvalue weighted by Gasteiger charge is -2.18. The summed E-state index contributed by atoms with van der Waals surface area (Å²) in [6.07, 6.45) is 9.95. The Kier molecular flexibility index (Phi) is 12.0. The van der Waals surface area contributed by atoms with Crippen LogP contribution in [0.5, 0.6) is 17.2 Å². The summed E-state index contributed by atoms with van der Waals surface area (Å²) >= 11 is 0. The van der Waals surface area contributed by atoms with E-state index in [1.54, 1.807) is 0 Å². The number of ether oxygens (including phenoxy) is 3. The van der Waals surface area contributed by atoms with Gasteiger partial charge in [-0.3, -0.25) is 0 Å². The summed E-state index contributed by atoms with van der Waals surface area (Å²) in [7, 11) is 0. The van der Waals surface area contributed by atoms with E-state index in [2.05, 4.69) is 39.8 Å². The van der Waals surface area contributed by atoms with Gasteiger partial charge in [0.1, 0.15) is 0 Å². The van der Waals surface area contributed by atoms with Crippen molar-refractivity contribution in [2.45, 2.75) is 85.5 Å². The maximum atomic E-state index is 6.08. The van der Waals surface area contributed by atoms with Gasteiger partial charge in [-0.15, -0.1) is 0 Å². The molecule has 0 heterocycles. The lowest BCUT2D eigenvalue weighted by molar-refractivity contribution is 0.237. The molecule has 0 atom stereocenters. The van der Waals surface area contributed by atoms with E-state index in [1.165, 1.54) is 18.4 Å².